The maximum atomic E-state index is 14.6. The molecule has 0 radical (unpaired) electrons. The third-order valence-corrected chi connectivity index (χ3v) is 15.9. The fourth-order valence-corrected chi connectivity index (χ4v) is 11.2. The Labute approximate surface area is 443 Å². The summed E-state index contributed by atoms with van der Waals surface area (Å²) in [5.41, 5.74) is 1.23. The molecule has 0 spiro atoms. The van der Waals surface area contributed by atoms with Crippen molar-refractivity contribution in [1.82, 2.24) is 4.90 Å². The number of allylic oxidation sites excluding steroid dienone is 6. The smallest absolute Gasteiger partial charge is 0.373 e. The predicted octanol–water partition coefficient (Wildman–Crippen LogP) is 6.42. The second-order valence-electron chi connectivity index (χ2n) is 21.8. The fourth-order valence-electron chi connectivity index (χ4n) is 11.2. The number of pyridine rings is 1. The number of hydrogen-bond donors (Lipinski definition) is 3. The largest absolute Gasteiger partial charge is 0.503 e. The predicted molar refractivity (Wildman–Crippen MR) is 277 cm³/mol. The zero-order chi connectivity index (χ0) is 55.1. The molecule has 3 aliphatic heterocycles. The van der Waals surface area contributed by atoms with Crippen LogP contribution in [0.4, 0.5) is 0 Å². The lowest BCUT2D eigenvalue weighted by Crippen LogP contribution is -2.61. The molecule has 15 atom stereocenters. The van der Waals surface area contributed by atoms with Crippen LogP contribution in [0, 0.1) is 35.5 Å². The molecule has 2 saturated heterocycles. The van der Waals surface area contributed by atoms with E-state index >= 15 is 0 Å². The molecule has 416 valence electrons. The number of aliphatic hydroxyl groups is 2. The summed E-state index contributed by atoms with van der Waals surface area (Å²) < 4.78 is 37.2. The molecular weight excluding hydrogens is 965 g/mol. The van der Waals surface area contributed by atoms with Crippen molar-refractivity contribution in [1.29, 1.82) is 0 Å². The van der Waals surface area contributed by atoms with E-state index in [2.05, 4.69) is 0 Å². The van der Waals surface area contributed by atoms with Crippen LogP contribution in [0.25, 0.3) is 0 Å². The van der Waals surface area contributed by atoms with E-state index in [0.29, 0.717) is 69.8 Å². The molecule has 4 heterocycles. The van der Waals surface area contributed by atoms with Gasteiger partial charge < -0.3 is 48.6 Å². The van der Waals surface area contributed by atoms with Crippen LogP contribution in [-0.4, -0.2) is 138 Å². The minimum Gasteiger partial charge on any atom is -0.503 e. The molecule has 2 bridgehead atoms. The fraction of sp³-hybridized carbons (Fsp3) is 0.672. The summed E-state index contributed by atoms with van der Waals surface area (Å²) >= 11 is 0. The summed E-state index contributed by atoms with van der Waals surface area (Å²) in [5, 5.41) is 33.4. The molecule has 1 aromatic rings. The van der Waals surface area contributed by atoms with Gasteiger partial charge in [0, 0.05) is 64.5 Å². The number of ether oxygens (including phenoxy) is 6. The average Bonchev–Trinajstić information content (AvgIpc) is 3.38. The van der Waals surface area contributed by atoms with Crippen molar-refractivity contribution in [3.63, 3.8) is 0 Å². The summed E-state index contributed by atoms with van der Waals surface area (Å²) in [6.07, 6.45) is 13.4. The molecule has 4 aliphatic rings. The number of fused-ring (bicyclic) bond motifs is 3. The van der Waals surface area contributed by atoms with Crippen LogP contribution in [-0.2, 0) is 63.7 Å². The van der Waals surface area contributed by atoms with Crippen molar-refractivity contribution in [2.75, 3.05) is 27.9 Å². The van der Waals surface area contributed by atoms with E-state index in [4.69, 9.17) is 28.4 Å². The normalized spacial score (nSPS) is 36.5. The Bertz CT molecular complexity index is 2260. The number of carbonyl (C=O) groups is 6. The standard InChI is InChI=1S/C58H84N2O15/c1-35-17-12-11-13-18-36(2)48(70-8)31-44-23-21-41(7)58(69,75-44)55(66)56(67)60-26-15-14-20-45(60)57(68)74-49(32-46(62)37(3)28-40(6)53(65)54(72-10)52(64)39(5)27-35)38(4)29-42-22-24-47(50(30-42)71-9)73-51(63)34-59-25-16-19-43(61)33-59/h11-13,16-19,25,28,33,35,37-39,41-42,44-45,47-50,53-54,65,69H,14-15,20-24,26-27,29-32,34H2,1-10H3/p+1/b13-11+,17-12+,36-18+,40-28+/t35-,37-,38-,39-,41-,42+,44+,45+,47-,48+,49+,50-,53-,54+,58-/m1/s1. The maximum Gasteiger partial charge on any atom is 0.373 e. The molecule has 3 fully saturated rings. The second kappa shape index (κ2) is 28.5. The molecule has 0 unspecified atom stereocenters. The summed E-state index contributed by atoms with van der Waals surface area (Å²) in [6.45, 7) is 12.5. The first-order valence-electron chi connectivity index (χ1n) is 27.0. The van der Waals surface area contributed by atoms with Crippen LogP contribution in [0.3, 0.4) is 0 Å². The molecule has 3 N–H and O–H groups in total. The number of methoxy groups -OCH3 is 3. The van der Waals surface area contributed by atoms with Crippen molar-refractivity contribution in [3.8, 4) is 5.75 Å². The van der Waals surface area contributed by atoms with E-state index in [1.807, 2.05) is 51.2 Å². The Morgan fingerprint density at radius 2 is 1.64 bits per heavy atom. The van der Waals surface area contributed by atoms with Crippen molar-refractivity contribution < 1.29 is 77.1 Å². The van der Waals surface area contributed by atoms with E-state index in [1.165, 1.54) is 28.8 Å². The van der Waals surface area contributed by atoms with Crippen molar-refractivity contribution in [2.45, 2.75) is 187 Å². The Morgan fingerprint density at radius 1 is 0.893 bits per heavy atom. The maximum absolute atomic E-state index is 14.6. The lowest BCUT2D eigenvalue weighted by molar-refractivity contribution is -0.686. The SMILES string of the molecule is CO[C@H]1C[C@@H]2CC[C@@H](C)[C@@](O)(O2)C(=O)C(=O)N2CCCC[C@H]2C(=O)O[C@H]([C@H](C)C[C@@H]2CC[C@@H](OC(=O)C[n+]3cccc(O)c3)[C@H](OC)C2)CC(=O)[C@H](C)/C=C(\C)[C@@H](O)[C@@H](OC)C(=O)[C@H](C)C[C@H](C)/C=C/C=C/C=C/1C. The molecule has 1 aliphatic carbocycles. The number of aromatic hydroxyl groups is 1. The topological polar surface area (TPSA) is 226 Å². The van der Waals surface area contributed by atoms with E-state index in [-0.39, 0.29) is 55.1 Å². The van der Waals surface area contributed by atoms with Gasteiger partial charge in [0.15, 0.2) is 17.7 Å². The van der Waals surface area contributed by atoms with Gasteiger partial charge in [-0.15, -0.1) is 0 Å². The number of esters is 2. The van der Waals surface area contributed by atoms with Gasteiger partial charge in [0.1, 0.15) is 36.2 Å². The van der Waals surface area contributed by atoms with Crippen molar-refractivity contribution >= 4 is 35.2 Å². The van der Waals surface area contributed by atoms with Crippen LogP contribution >= 0.6 is 0 Å². The number of amides is 1. The number of nitrogens with zero attached hydrogens (tertiary/aromatic N) is 2. The number of Topliss-reactive ketones (excluding diaryl/α,β-unsaturated/α-hetero) is 3. The number of piperidine rings is 1. The Hall–Kier alpha value is -4.91. The monoisotopic (exact) mass is 1050 g/mol. The molecule has 1 aromatic heterocycles. The van der Waals surface area contributed by atoms with Gasteiger partial charge in [0.25, 0.3) is 11.7 Å². The van der Waals surface area contributed by atoms with Gasteiger partial charge in [-0.05, 0) is 113 Å². The average molecular weight is 1050 g/mol. The number of aliphatic hydroxyl groups excluding tert-OH is 1. The van der Waals surface area contributed by atoms with E-state index in [9.17, 15) is 44.1 Å². The van der Waals surface area contributed by atoms with E-state index in [1.54, 1.807) is 60.3 Å². The molecule has 17 heteroatoms. The molecule has 75 heavy (non-hydrogen) atoms. The molecule has 0 aromatic carbocycles. The Kier molecular flexibility index (Phi) is 23.1. The lowest BCUT2D eigenvalue weighted by Gasteiger charge is -2.42. The number of hydrogen-bond acceptors (Lipinski definition) is 15. The minimum atomic E-state index is -2.46. The molecule has 1 saturated carbocycles. The van der Waals surface area contributed by atoms with Gasteiger partial charge in [0.05, 0.1) is 18.3 Å². The molecular formula is C58H85N2O15+. The first-order chi connectivity index (χ1) is 35.6. The highest BCUT2D eigenvalue weighted by atomic mass is 16.6. The van der Waals surface area contributed by atoms with Gasteiger partial charge in [-0.1, -0.05) is 71.1 Å². The van der Waals surface area contributed by atoms with E-state index in [0.717, 1.165) is 5.57 Å². The highest BCUT2D eigenvalue weighted by Crippen LogP contribution is 2.38. The van der Waals surface area contributed by atoms with Crippen LogP contribution in [0.15, 0.2) is 72.1 Å². The van der Waals surface area contributed by atoms with Gasteiger partial charge in [-0.2, -0.15) is 4.57 Å². The molecule has 17 nitrogen and oxygen atoms in total. The highest BCUT2D eigenvalue weighted by Gasteiger charge is 2.53. The quantitative estimate of drug-likeness (QED) is 0.105. The summed E-state index contributed by atoms with van der Waals surface area (Å²) in [7, 11) is 4.49. The third-order valence-electron chi connectivity index (χ3n) is 15.9. The second-order valence-corrected chi connectivity index (χ2v) is 21.8. The van der Waals surface area contributed by atoms with E-state index < -0.39 is 102 Å². The highest BCUT2D eigenvalue weighted by molar-refractivity contribution is 6.39. The zero-order valence-electron chi connectivity index (χ0n) is 45.9. The number of carbonyl (C=O) groups excluding carboxylic acids is 6. The number of rotatable bonds is 9. The van der Waals surface area contributed by atoms with Crippen molar-refractivity contribution in [2.24, 2.45) is 35.5 Å². The van der Waals surface area contributed by atoms with Gasteiger partial charge in [-0.25, -0.2) is 9.59 Å². The third kappa shape index (κ3) is 16.5. The van der Waals surface area contributed by atoms with Crippen LogP contribution in [0.1, 0.15) is 126 Å². The van der Waals surface area contributed by atoms with Gasteiger partial charge in [-0.3, -0.25) is 19.2 Å². The summed E-state index contributed by atoms with van der Waals surface area (Å²) in [6, 6.07) is 1.94. The zero-order valence-corrected chi connectivity index (χ0v) is 45.9. The van der Waals surface area contributed by atoms with Gasteiger partial charge in [0.2, 0.25) is 18.5 Å². The number of aromatic nitrogens is 1. The minimum absolute atomic E-state index is 0.00199. The van der Waals surface area contributed by atoms with Crippen molar-refractivity contribution in [3.05, 3.63) is 72.1 Å². The van der Waals surface area contributed by atoms with Crippen LogP contribution in [0.2, 0.25) is 0 Å². The molecule has 5 rings (SSSR count). The summed E-state index contributed by atoms with van der Waals surface area (Å²) in [4.78, 5) is 85.6. The summed E-state index contributed by atoms with van der Waals surface area (Å²) in [5.74, 6) is -8.92. The first-order valence-corrected chi connectivity index (χ1v) is 27.0. The lowest BCUT2D eigenvalue weighted by atomic mass is 9.78. The first kappa shape index (κ1) is 60.9. The van der Waals surface area contributed by atoms with Gasteiger partial charge >= 0.3 is 11.9 Å². The number of ketones is 3. The van der Waals surface area contributed by atoms with Crippen LogP contribution in [0.5, 0.6) is 5.75 Å². The Balaban J connectivity index is 1.43. The number of cyclic esters (lactones) is 1. The Morgan fingerprint density at radius 3 is 2.33 bits per heavy atom. The molecule has 1 amide bonds. The van der Waals surface area contributed by atoms with Crippen LogP contribution < -0.4 is 4.57 Å².